The minimum Gasteiger partial charge on any atom is -0.465 e. The van der Waals surface area contributed by atoms with E-state index in [1.54, 1.807) is 22.7 Å². The number of halogens is 3. The Morgan fingerprint density at radius 1 is 1.31 bits per heavy atom. The SMILES string of the molecule is COC(=O)c1ccc(-c2ccn3c(CC4CC4(F)F)nnc3c2)c(F)c1. The molecule has 26 heavy (non-hydrogen) atoms. The third-order valence-corrected chi connectivity index (χ3v) is 4.57. The zero-order valence-corrected chi connectivity index (χ0v) is 13.7. The number of carbonyl (C=O) groups is 1. The monoisotopic (exact) mass is 361 g/mol. The maximum atomic E-state index is 14.4. The average molecular weight is 361 g/mol. The number of hydrogen-bond acceptors (Lipinski definition) is 4. The smallest absolute Gasteiger partial charge is 0.337 e. The lowest BCUT2D eigenvalue weighted by Gasteiger charge is -2.07. The lowest BCUT2D eigenvalue weighted by molar-refractivity contribution is 0.0600. The van der Waals surface area contributed by atoms with Crippen LogP contribution in [0, 0.1) is 11.7 Å². The van der Waals surface area contributed by atoms with Crippen LogP contribution in [0.4, 0.5) is 13.2 Å². The third-order valence-electron chi connectivity index (χ3n) is 4.57. The molecule has 5 nitrogen and oxygen atoms in total. The van der Waals surface area contributed by atoms with Crippen molar-refractivity contribution in [1.82, 2.24) is 14.6 Å². The lowest BCUT2D eigenvalue weighted by Crippen LogP contribution is -2.02. The molecule has 0 amide bonds. The van der Waals surface area contributed by atoms with E-state index in [9.17, 15) is 18.0 Å². The first-order chi connectivity index (χ1) is 12.4. The Labute approximate surface area is 146 Å². The van der Waals surface area contributed by atoms with Gasteiger partial charge in [0, 0.05) is 30.5 Å². The van der Waals surface area contributed by atoms with Crippen LogP contribution < -0.4 is 0 Å². The maximum absolute atomic E-state index is 14.4. The van der Waals surface area contributed by atoms with Crippen molar-refractivity contribution in [3.63, 3.8) is 0 Å². The van der Waals surface area contributed by atoms with Gasteiger partial charge in [-0.15, -0.1) is 10.2 Å². The van der Waals surface area contributed by atoms with Gasteiger partial charge in [-0.25, -0.2) is 18.0 Å². The molecule has 1 saturated carbocycles. The zero-order chi connectivity index (χ0) is 18.5. The van der Waals surface area contributed by atoms with E-state index < -0.39 is 23.6 Å². The molecule has 4 rings (SSSR count). The predicted molar refractivity (Wildman–Crippen MR) is 86.5 cm³/mol. The predicted octanol–water partition coefficient (Wildman–Crippen LogP) is 3.52. The average Bonchev–Trinajstić information content (AvgIpc) is 3.03. The lowest BCUT2D eigenvalue weighted by atomic mass is 10.0. The fourth-order valence-corrected chi connectivity index (χ4v) is 2.95. The van der Waals surface area contributed by atoms with Gasteiger partial charge < -0.3 is 4.74 Å². The highest BCUT2D eigenvalue weighted by atomic mass is 19.3. The summed E-state index contributed by atoms with van der Waals surface area (Å²) in [5, 5.41) is 7.96. The van der Waals surface area contributed by atoms with Gasteiger partial charge in [-0.3, -0.25) is 4.40 Å². The Balaban J connectivity index is 1.65. The Morgan fingerprint density at radius 2 is 2.08 bits per heavy atom. The molecule has 0 saturated heterocycles. The topological polar surface area (TPSA) is 56.5 Å². The fourth-order valence-electron chi connectivity index (χ4n) is 2.95. The molecule has 2 heterocycles. The molecule has 0 spiro atoms. The van der Waals surface area contributed by atoms with Crippen molar-refractivity contribution in [3.8, 4) is 11.1 Å². The minimum atomic E-state index is -2.61. The van der Waals surface area contributed by atoms with Gasteiger partial charge in [0.15, 0.2) is 5.65 Å². The molecule has 8 heteroatoms. The van der Waals surface area contributed by atoms with Crippen LogP contribution in [-0.4, -0.2) is 33.6 Å². The van der Waals surface area contributed by atoms with E-state index in [1.165, 1.54) is 19.2 Å². The van der Waals surface area contributed by atoms with E-state index in [-0.39, 0.29) is 18.4 Å². The number of pyridine rings is 1. The molecule has 1 aliphatic rings. The molecule has 0 bridgehead atoms. The second-order valence-corrected chi connectivity index (χ2v) is 6.31. The van der Waals surface area contributed by atoms with Gasteiger partial charge in [0.25, 0.3) is 5.92 Å². The van der Waals surface area contributed by atoms with E-state index in [1.807, 2.05) is 0 Å². The number of fused-ring (bicyclic) bond motifs is 1. The molecule has 1 unspecified atom stereocenters. The molecule has 1 aromatic carbocycles. The fraction of sp³-hybridized carbons (Fsp3) is 0.278. The summed E-state index contributed by atoms with van der Waals surface area (Å²) in [4.78, 5) is 11.5. The van der Waals surface area contributed by atoms with Crippen molar-refractivity contribution in [2.24, 2.45) is 5.92 Å². The molecule has 1 atom stereocenters. The summed E-state index contributed by atoms with van der Waals surface area (Å²) in [6.07, 6.45) is 1.65. The summed E-state index contributed by atoms with van der Waals surface area (Å²) in [5.41, 5.74) is 1.39. The van der Waals surface area contributed by atoms with E-state index in [2.05, 4.69) is 14.9 Å². The van der Waals surface area contributed by atoms with Gasteiger partial charge in [-0.2, -0.15) is 0 Å². The highest BCUT2D eigenvalue weighted by Crippen LogP contribution is 2.50. The molecule has 3 aromatic rings. The number of benzene rings is 1. The molecule has 0 radical (unpaired) electrons. The molecule has 1 aliphatic carbocycles. The van der Waals surface area contributed by atoms with Gasteiger partial charge in [0.05, 0.1) is 12.7 Å². The van der Waals surface area contributed by atoms with Gasteiger partial charge in [0.1, 0.15) is 11.6 Å². The second kappa shape index (κ2) is 5.82. The molecule has 1 fully saturated rings. The van der Waals surface area contributed by atoms with Crippen molar-refractivity contribution in [3.05, 3.63) is 53.7 Å². The molecular weight excluding hydrogens is 347 g/mol. The quantitative estimate of drug-likeness (QED) is 0.667. The first kappa shape index (κ1) is 16.6. The number of esters is 1. The van der Waals surface area contributed by atoms with Crippen molar-refractivity contribution in [2.75, 3.05) is 7.11 Å². The summed E-state index contributed by atoms with van der Waals surface area (Å²) in [7, 11) is 1.22. The van der Waals surface area contributed by atoms with Crippen LogP contribution in [0.15, 0.2) is 36.5 Å². The van der Waals surface area contributed by atoms with E-state index >= 15 is 0 Å². The molecular formula is C18H14F3N3O2. The Bertz CT molecular complexity index is 1020. The molecule has 0 N–H and O–H groups in total. The number of methoxy groups -OCH3 is 1. The van der Waals surface area contributed by atoms with Gasteiger partial charge in [-0.1, -0.05) is 6.07 Å². The van der Waals surface area contributed by atoms with Crippen molar-refractivity contribution < 1.29 is 22.7 Å². The number of aromatic nitrogens is 3. The third kappa shape index (κ3) is 2.81. The number of carbonyl (C=O) groups excluding carboxylic acids is 1. The van der Waals surface area contributed by atoms with E-state index in [0.717, 1.165) is 6.07 Å². The van der Waals surface area contributed by atoms with Crippen molar-refractivity contribution >= 4 is 11.6 Å². The van der Waals surface area contributed by atoms with Gasteiger partial charge in [-0.05, 0) is 29.8 Å². The number of rotatable bonds is 4. The van der Waals surface area contributed by atoms with Crippen LogP contribution in [0.5, 0.6) is 0 Å². The van der Waals surface area contributed by atoms with Crippen LogP contribution in [0.1, 0.15) is 22.6 Å². The van der Waals surface area contributed by atoms with Gasteiger partial charge >= 0.3 is 5.97 Å². The van der Waals surface area contributed by atoms with Crippen molar-refractivity contribution in [1.29, 1.82) is 0 Å². The van der Waals surface area contributed by atoms with Crippen LogP contribution in [0.25, 0.3) is 16.8 Å². The number of alkyl halides is 2. The minimum absolute atomic E-state index is 0.116. The molecule has 2 aromatic heterocycles. The van der Waals surface area contributed by atoms with E-state index in [0.29, 0.717) is 22.6 Å². The number of nitrogens with zero attached hydrogens (tertiary/aromatic N) is 3. The summed E-state index contributed by atoms with van der Waals surface area (Å²) in [6, 6.07) is 7.34. The number of ether oxygens (including phenoxy) is 1. The van der Waals surface area contributed by atoms with Crippen LogP contribution in [0.3, 0.4) is 0 Å². The van der Waals surface area contributed by atoms with Crippen LogP contribution in [0.2, 0.25) is 0 Å². The summed E-state index contributed by atoms with van der Waals surface area (Å²) < 4.78 is 46.8. The highest BCUT2D eigenvalue weighted by Gasteiger charge is 2.56. The van der Waals surface area contributed by atoms with E-state index in [4.69, 9.17) is 0 Å². The Hall–Kier alpha value is -2.90. The maximum Gasteiger partial charge on any atom is 0.337 e. The zero-order valence-electron chi connectivity index (χ0n) is 13.7. The molecule has 0 aliphatic heterocycles. The Kier molecular flexibility index (Phi) is 3.71. The highest BCUT2D eigenvalue weighted by molar-refractivity contribution is 5.90. The first-order valence-electron chi connectivity index (χ1n) is 7.99. The van der Waals surface area contributed by atoms with Crippen LogP contribution >= 0.6 is 0 Å². The summed E-state index contributed by atoms with van der Waals surface area (Å²) >= 11 is 0. The normalized spacial score (nSPS) is 18.1. The number of hydrogen-bond donors (Lipinski definition) is 0. The second-order valence-electron chi connectivity index (χ2n) is 6.31. The van der Waals surface area contributed by atoms with Crippen LogP contribution in [-0.2, 0) is 11.2 Å². The Morgan fingerprint density at radius 3 is 2.73 bits per heavy atom. The van der Waals surface area contributed by atoms with Crippen molar-refractivity contribution in [2.45, 2.75) is 18.8 Å². The summed E-state index contributed by atoms with van der Waals surface area (Å²) in [6.45, 7) is 0. The standard InChI is InChI=1S/C18H14F3N3O2/c1-26-17(25)11-2-3-13(14(19)6-11)10-4-5-24-15(7-10)22-23-16(24)8-12-9-18(12,20)21/h2-7,12H,8-9H2,1H3. The van der Waals surface area contributed by atoms with Gasteiger partial charge in [0.2, 0.25) is 0 Å². The first-order valence-corrected chi connectivity index (χ1v) is 7.99. The molecule has 134 valence electrons. The largest absolute Gasteiger partial charge is 0.465 e. The summed E-state index contributed by atoms with van der Waals surface area (Å²) in [5.74, 6) is -4.05.